The van der Waals surface area contributed by atoms with Crippen molar-refractivity contribution in [2.45, 2.75) is 0 Å². The summed E-state index contributed by atoms with van der Waals surface area (Å²) in [5, 5.41) is 28.3. The molecule has 0 aliphatic heterocycles. The minimum absolute atomic E-state index is 0.0284. The Kier molecular flexibility index (Phi) is 6.18. The molecule has 0 spiro atoms. The Hall–Kier alpha value is -4.05. The number of benzene rings is 3. The molecule has 152 valence electrons. The van der Waals surface area contributed by atoms with Gasteiger partial charge in [0.1, 0.15) is 5.75 Å². The molecule has 0 aliphatic rings. The van der Waals surface area contributed by atoms with Gasteiger partial charge in [0.05, 0.1) is 34.3 Å². The minimum Gasteiger partial charge on any atom is -0.494 e. The van der Waals surface area contributed by atoms with Crippen molar-refractivity contribution in [2.24, 2.45) is 0 Å². The molecular formula is C20H16N4O5S. The molecule has 9 nitrogen and oxygen atoms in total. The van der Waals surface area contributed by atoms with Crippen molar-refractivity contribution < 1.29 is 14.6 Å². The van der Waals surface area contributed by atoms with Crippen LogP contribution >= 0.6 is 12.2 Å². The average molecular weight is 424 g/mol. The SMILES string of the molecule is COc1cc([N+](=O)[O-])ccc1NC(=S)Nc1ccc(-c2ccccc2[N+](=O)[O-])cc1. The smallest absolute Gasteiger partial charge is 0.277 e. The molecular weight excluding hydrogens is 408 g/mol. The van der Waals surface area contributed by atoms with E-state index in [9.17, 15) is 20.2 Å². The molecule has 0 heterocycles. The largest absolute Gasteiger partial charge is 0.494 e. The molecule has 0 aromatic heterocycles. The first kappa shape index (κ1) is 20.7. The zero-order valence-electron chi connectivity index (χ0n) is 15.7. The second-order valence-electron chi connectivity index (χ2n) is 6.07. The van der Waals surface area contributed by atoms with Gasteiger partial charge in [-0.3, -0.25) is 20.2 Å². The van der Waals surface area contributed by atoms with Gasteiger partial charge in [0.2, 0.25) is 0 Å². The maximum absolute atomic E-state index is 11.2. The normalized spacial score (nSPS) is 10.2. The van der Waals surface area contributed by atoms with Gasteiger partial charge in [-0.05, 0) is 42.0 Å². The highest BCUT2D eigenvalue weighted by Crippen LogP contribution is 2.31. The zero-order valence-corrected chi connectivity index (χ0v) is 16.5. The van der Waals surface area contributed by atoms with Crippen LogP contribution in [0, 0.1) is 20.2 Å². The number of nitro benzene ring substituents is 2. The molecule has 0 fully saturated rings. The quantitative estimate of drug-likeness (QED) is 0.323. The van der Waals surface area contributed by atoms with Crippen LogP contribution in [0.2, 0.25) is 0 Å². The van der Waals surface area contributed by atoms with Gasteiger partial charge in [-0.25, -0.2) is 0 Å². The fourth-order valence-corrected chi connectivity index (χ4v) is 3.02. The third-order valence-electron chi connectivity index (χ3n) is 4.20. The van der Waals surface area contributed by atoms with Crippen LogP contribution in [-0.2, 0) is 0 Å². The van der Waals surface area contributed by atoms with Gasteiger partial charge >= 0.3 is 0 Å². The van der Waals surface area contributed by atoms with Crippen LogP contribution in [0.15, 0.2) is 66.7 Å². The lowest BCUT2D eigenvalue weighted by atomic mass is 10.0. The van der Waals surface area contributed by atoms with E-state index in [0.717, 1.165) is 0 Å². The molecule has 0 unspecified atom stereocenters. The van der Waals surface area contributed by atoms with E-state index >= 15 is 0 Å². The summed E-state index contributed by atoms with van der Waals surface area (Å²) >= 11 is 5.29. The van der Waals surface area contributed by atoms with Crippen molar-refractivity contribution >= 4 is 40.1 Å². The highest BCUT2D eigenvalue weighted by Gasteiger charge is 2.14. The van der Waals surface area contributed by atoms with E-state index in [2.05, 4.69) is 10.6 Å². The summed E-state index contributed by atoms with van der Waals surface area (Å²) in [6.45, 7) is 0. The molecule has 2 N–H and O–H groups in total. The van der Waals surface area contributed by atoms with Crippen LogP contribution < -0.4 is 15.4 Å². The maximum Gasteiger partial charge on any atom is 0.277 e. The van der Waals surface area contributed by atoms with Crippen molar-refractivity contribution in [3.8, 4) is 16.9 Å². The lowest BCUT2D eigenvalue weighted by Gasteiger charge is -2.13. The summed E-state index contributed by atoms with van der Waals surface area (Å²) in [5.74, 6) is 0.278. The average Bonchev–Trinajstić information content (AvgIpc) is 2.74. The molecule has 30 heavy (non-hydrogen) atoms. The number of para-hydroxylation sites is 1. The Morgan fingerprint density at radius 2 is 1.63 bits per heavy atom. The van der Waals surface area contributed by atoms with Gasteiger partial charge in [-0.15, -0.1) is 0 Å². The summed E-state index contributed by atoms with van der Waals surface area (Å²) in [6, 6.07) is 17.6. The van der Waals surface area contributed by atoms with E-state index < -0.39 is 9.85 Å². The maximum atomic E-state index is 11.2. The summed E-state index contributed by atoms with van der Waals surface area (Å²) < 4.78 is 5.17. The van der Waals surface area contributed by atoms with Crippen LogP contribution in [0.4, 0.5) is 22.7 Å². The predicted octanol–water partition coefficient (Wildman–Crippen LogP) is 4.99. The third-order valence-corrected chi connectivity index (χ3v) is 4.40. The number of nitrogens with one attached hydrogen (secondary N) is 2. The number of hydrogen-bond donors (Lipinski definition) is 2. The lowest BCUT2D eigenvalue weighted by molar-refractivity contribution is -0.384. The molecule has 3 aromatic rings. The van der Waals surface area contributed by atoms with E-state index in [1.165, 1.54) is 31.4 Å². The van der Waals surface area contributed by atoms with Gasteiger partial charge in [0.25, 0.3) is 11.4 Å². The molecule has 0 saturated carbocycles. The molecule has 0 aliphatic carbocycles. The molecule has 3 rings (SSSR count). The van der Waals surface area contributed by atoms with E-state index in [1.807, 2.05) is 0 Å². The van der Waals surface area contributed by atoms with Crippen molar-refractivity contribution in [3.63, 3.8) is 0 Å². The number of thiocarbonyl (C=S) groups is 1. The standard InChI is InChI=1S/C20H16N4O5S/c1-29-19-12-15(23(25)26)10-11-17(19)22-20(30)21-14-8-6-13(7-9-14)16-4-2-3-5-18(16)24(27)28/h2-12H,1H3,(H2,21,22,30). The van der Waals surface area contributed by atoms with Crippen molar-refractivity contribution in [3.05, 3.63) is 87.0 Å². The first-order valence-corrected chi connectivity index (χ1v) is 9.04. The molecule has 0 saturated heterocycles. The van der Waals surface area contributed by atoms with Crippen molar-refractivity contribution in [2.75, 3.05) is 17.7 Å². The Balaban J connectivity index is 1.73. The number of methoxy groups -OCH3 is 1. The Bertz CT molecular complexity index is 1120. The van der Waals surface area contributed by atoms with Gasteiger partial charge in [-0.1, -0.05) is 24.3 Å². The number of nitro groups is 2. The summed E-state index contributed by atoms with van der Waals surface area (Å²) in [5.41, 5.74) is 2.28. The molecule has 0 atom stereocenters. The van der Waals surface area contributed by atoms with Crippen LogP contribution in [0.25, 0.3) is 11.1 Å². The van der Waals surface area contributed by atoms with Gasteiger partial charge in [0.15, 0.2) is 5.11 Å². The monoisotopic (exact) mass is 424 g/mol. The van der Waals surface area contributed by atoms with Gasteiger partial charge in [0, 0.05) is 17.8 Å². The Morgan fingerprint density at radius 1 is 0.933 bits per heavy atom. The number of hydrogen-bond acceptors (Lipinski definition) is 6. The van der Waals surface area contributed by atoms with Gasteiger partial charge in [-0.2, -0.15) is 0 Å². The second kappa shape index (κ2) is 8.97. The highest BCUT2D eigenvalue weighted by molar-refractivity contribution is 7.80. The van der Waals surface area contributed by atoms with E-state index in [-0.39, 0.29) is 22.2 Å². The first-order valence-electron chi connectivity index (χ1n) is 8.63. The van der Waals surface area contributed by atoms with Crippen LogP contribution in [0.3, 0.4) is 0 Å². The highest BCUT2D eigenvalue weighted by atomic mass is 32.1. The predicted molar refractivity (Wildman–Crippen MR) is 118 cm³/mol. The number of rotatable bonds is 6. The topological polar surface area (TPSA) is 120 Å². The number of nitrogens with zero attached hydrogens (tertiary/aromatic N) is 2. The third kappa shape index (κ3) is 4.67. The van der Waals surface area contributed by atoms with Crippen molar-refractivity contribution in [1.82, 2.24) is 0 Å². The van der Waals surface area contributed by atoms with E-state index in [0.29, 0.717) is 22.5 Å². The second-order valence-corrected chi connectivity index (χ2v) is 6.48. The summed E-state index contributed by atoms with van der Waals surface area (Å²) in [6.07, 6.45) is 0. The molecule has 0 bridgehead atoms. The number of ether oxygens (including phenoxy) is 1. The number of non-ortho nitro benzene ring substituents is 1. The summed E-state index contributed by atoms with van der Waals surface area (Å²) in [4.78, 5) is 21.2. The molecule has 0 amide bonds. The van der Waals surface area contributed by atoms with E-state index in [1.54, 1.807) is 42.5 Å². The lowest BCUT2D eigenvalue weighted by Crippen LogP contribution is -2.19. The minimum atomic E-state index is -0.512. The fraction of sp³-hybridized carbons (Fsp3) is 0.0500. The van der Waals surface area contributed by atoms with Gasteiger partial charge < -0.3 is 15.4 Å². The van der Waals surface area contributed by atoms with Crippen molar-refractivity contribution in [1.29, 1.82) is 0 Å². The zero-order chi connectivity index (χ0) is 21.7. The molecule has 0 radical (unpaired) electrons. The van der Waals surface area contributed by atoms with Crippen LogP contribution in [0.1, 0.15) is 0 Å². The first-order chi connectivity index (χ1) is 14.4. The fourth-order valence-electron chi connectivity index (χ4n) is 2.79. The van der Waals surface area contributed by atoms with E-state index in [4.69, 9.17) is 17.0 Å². The van der Waals surface area contributed by atoms with Crippen LogP contribution in [0.5, 0.6) is 5.75 Å². The Morgan fingerprint density at radius 3 is 2.27 bits per heavy atom. The van der Waals surface area contributed by atoms with Crippen LogP contribution in [-0.4, -0.2) is 22.1 Å². The summed E-state index contributed by atoms with van der Waals surface area (Å²) in [7, 11) is 1.40. The Labute approximate surface area is 176 Å². The number of anilines is 2. The molecule has 3 aromatic carbocycles. The molecule has 10 heteroatoms.